The number of amides is 1. The molecule has 1 aromatic heterocycles. The summed E-state index contributed by atoms with van der Waals surface area (Å²) in [6.07, 6.45) is 0. The third-order valence-corrected chi connectivity index (χ3v) is 5.82. The standard InChI is InChI=1S/C19H20FN3OS2/c1-22(2)11-12-23(19-21-16-5-3-4-6-17(16)26-19)18(24)13-25-15-9-7-14(20)8-10-15/h3-10H,11-13H2,1-2H3. The SMILES string of the molecule is CN(C)CCN(C(=O)CSc1ccc(F)cc1)c1nc2ccccc2s1. The molecule has 0 saturated carbocycles. The monoisotopic (exact) mass is 389 g/mol. The number of halogens is 1. The second kappa shape index (κ2) is 8.62. The molecule has 0 aliphatic carbocycles. The molecule has 0 saturated heterocycles. The molecule has 0 spiro atoms. The van der Waals surface area contributed by atoms with E-state index in [1.807, 2.05) is 43.3 Å². The second-order valence-electron chi connectivity index (χ2n) is 6.06. The van der Waals surface area contributed by atoms with Gasteiger partial charge >= 0.3 is 0 Å². The molecular formula is C19H20FN3OS2. The van der Waals surface area contributed by atoms with E-state index >= 15 is 0 Å². The van der Waals surface area contributed by atoms with Crippen LogP contribution in [-0.4, -0.2) is 48.7 Å². The summed E-state index contributed by atoms with van der Waals surface area (Å²) in [5, 5.41) is 0.720. The van der Waals surface area contributed by atoms with Crippen LogP contribution >= 0.6 is 23.1 Å². The van der Waals surface area contributed by atoms with Crippen LogP contribution < -0.4 is 4.90 Å². The Kier molecular flexibility index (Phi) is 6.24. The molecule has 2 aromatic carbocycles. The zero-order valence-electron chi connectivity index (χ0n) is 14.7. The number of thioether (sulfide) groups is 1. The smallest absolute Gasteiger partial charge is 0.239 e. The normalized spacial score (nSPS) is 11.2. The Morgan fingerprint density at radius 3 is 2.54 bits per heavy atom. The Morgan fingerprint density at radius 1 is 1.12 bits per heavy atom. The van der Waals surface area contributed by atoms with Crippen molar-refractivity contribution < 1.29 is 9.18 Å². The van der Waals surface area contributed by atoms with Crippen molar-refractivity contribution in [3.05, 3.63) is 54.3 Å². The number of anilines is 1. The number of rotatable bonds is 7. The number of likely N-dealkylation sites (N-methyl/N-ethyl adjacent to an activating group) is 1. The number of thiazole rings is 1. The maximum atomic E-state index is 13.0. The number of benzene rings is 2. The summed E-state index contributed by atoms with van der Waals surface area (Å²) in [5.41, 5.74) is 0.904. The van der Waals surface area contributed by atoms with Gasteiger partial charge in [0.15, 0.2) is 5.13 Å². The van der Waals surface area contributed by atoms with Gasteiger partial charge in [-0.05, 0) is 50.5 Å². The minimum absolute atomic E-state index is 0.000214. The van der Waals surface area contributed by atoms with E-state index in [4.69, 9.17) is 0 Å². The van der Waals surface area contributed by atoms with E-state index in [-0.39, 0.29) is 17.5 Å². The summed E-state index contributed by atoms with van der Waals surface area (Å²) in [6.45, 7) is 1.33. The molecule has 0 atom stereocenters. The van der Waals surface area contributed by atoms with Crippen molar-refractivity contribution in [2.24, 2.45) is 0 Å². The molecule has 7 heteroatoms. The molecule has 136 valence electrons. The number of nitrogens with zero attached hydrogens (tertiary/aromatic N) is 3. The third kappa shape index (κ3) is 4.81. The third-order valence-electron chi connectivity index (χ3n) is 3.76. The van der Waals surface area contributed by atoms with E-state index < -0.39 is 0 Å². The lowest BCUT2D eigenvalue weighted by molar-refractivity contribution is -0.116. The molecule has 0 aliphatic rings. The van der Waals surface area contributed by atoms with Gasteiger partial charge < -0.3 is 4.90 Å². The van der Waals surface area contributed by atoms with Crippen molar-refractivity contribution in [2.75, 3.05) is 37.8 Å². The van der Waals surface area contributed by atoms with Gasteiger partial charge in [-0.1, -0.05) is 23.5 Å². The molecule has 26 heavy (non-hydrogen) atoms. The molecule has 0 fully saturated rings. The lowest BCUT2D eigenvalue weighted by Gasteiger charge is -2.21. The highest BCUT2D eigenvalue weighted by Gasteiger charge is 2.20. The zero-order chi connectivity index (χ0) is 18.5. The highest BCUT2D eigenvalue weighted by molar-refractivity contribution is 8.00. The molecule has 0 radical (unpaired) electrons. The van der Waals surface area contributed by atoms with Crippen molar-refractivity contribution in [1.82, 2.24) is 9.88 Å². The zero-order valence-corrected chi connectivity index (χ0v) is 16.3. The topological polar surface area (TPSA) is 36.4 Å². The van der Waals surface area contributed by atoms with Gasteiger partial charge in [0.2, 0.25) is 5.91 Å². The fourth-order valence-corrected chi connectivity index (χ4v) is 4.14. The highest BCUT2D eigenvalue weighted by Crippen LogP contribution is 2.29. The van der Waals surface area contributed by atoms with Gasteiger partial charge in [0.25, 0.3) is 0 Å². The van der Waals surface area contributed by atoms with Gasteiger partial charge in [0.05, 0.1) is 16.0 Å². The Balaban J connectivity index is 1.75. The summed E-state index contributed by atoms with van der Waals surface area (Å²) in [7, 11) is 3.96. The summed E-state index contributed by atoms with van der Waals surface area (Å²) in [5.74, 6) is 0.0117. The van der Waals surface area contributed by atoms with Crippen LogP contribution in [0.5, 0.6) is 0 Å². The van der Waals surface area contributed by atoms with Crippen molar-refractivity contribution in [3.63, 3.8) is 0 Å². The van der Waals surface area contributed by atoms with Gasteiger partial charge in [-0.15, -0.1) is 11.8 Å². The maximum absolute atomic E-state index is 13.0. The Labute approximate surface area is 160 Å². The molecule has 1 amide bonds. The molecule has 1 heterocycles. The van der Waals surface area contributed by atoms with Gasteiger partial charge in [-0.25, -0.2) is 9.37 Å². The van der Waals surface area contributed by atoms with Gasteiger partial charge in [0, 0.05) is 18.0 Å². The van der Waals surface area contributed by atoms with Crippen LogP contribution in [0.3, 0.4) is 0 Å². The average Bonchev–Trinajstić information content (AvgIpc) is 3.05. The molecule has 0 aliphatic heterocycles. The van der Waals surface area contributed by atoms with Gasteiger partial charge in [-0.3, -0.25) is 9.69 Å². The molecule has 3 rings (SSSR count). The predicted molar refractivity (Wildman–Crippen MR) is 108 cm³/mol. The summed E-state index contributed by atoms with van der Waals surface area (Å²) in [6, 6.07) is 14.1. The largest absolute Gasteiger partial charge is 0.308 e. The van der Waals surface area contributed by atoms with Crippen LogP contribution in [0.1, 0.15) is 0 Å². The van der Waals surface area contributed by atoms with Crippen molar-refractivity contribution in [3.8, 4) is 0 Å². The van der Waals surface area contributed by atoms with Gasteiger partial charge in [0.1, 0.15) is 5.82 Å². The lowest BCUT2D eigenvalue weighted by atomic mass is 10.3. The first-order valence-corrected chi connectivity index (χ1v) is 10.0. The maximum Gasteiger partial charge on any atom is 0.239 e. The van der Waals surface area contributed by atoms with Crippen LogP contribution in [0.4, 0.5) is 9.52 Å². The first-order valence-electron chi connectivity index (χ1n) is 8.22. The van der Waals surface area contributed by atoms with E-state index in [1.54, 1.807) is 17.0 Å². The van der Waals surface area contributed by atoms with Crippen molar-refractivity contribution in [1.29, 1.82) is 0 Å². The number of hydrogen-bond donors (Lipinski definition) is 0. The average molecular weight is 390 g/mol. The number of fused-ring (bicyclic) bond motifs is 1. The molecule has 0 bridgehead atoms. The van der Waals surface area contributed by atoms with Crippen LogP contribution in [0.25, 0.3) is 10.2 Å². The highest BCUT2D eigenvalue weighted by atomic mass is 32.2. The second-order valence-corrected chi connectivity index (χ2v) is 8.11. The lowest BCUT2D eigenvalue weighted by Crippen LogP contribution is -2.37. The molecule has 4 nitrogen and oxygen atoms in total. The number of carbonyl (C=O) groups is 1. The fourth-order valence-electron chi connectivity index (χ4n) is 2.36. The molecule has 0 unspecified atom stereocenters. The van der Waals surface area contributed by atoms with Crippen molar-refractivity contribution in [2.45, 2.75) is 4.90 Å². The summed E-state index contributed by atoms with van der Waals surface area (Å²) >= 11 is 2.93. The van der Waals surface area contributed by atoms with Crippen molar-refractivity contribution >= 4 is 44.4 Å². The Hall–Kier alpha value is -1.96. The molecule has 0 N–H and O–H groups in total. The van der Waals surface area contributed by atoms with Crippen LogP contribution in [0, 0.1) is 5.82 Å². The van der Waals surface area contributed by atoms with Crippen LogP contribution in [0.2, 0.25) is 0 Å². The number of carbonyl (C=O) groups excluding carboxylic acids is 1. The van der Waals surface area contributed by atoms with E-state index in [1.165, 1.54) is 35.2 Å². The van der Waals surface area contributed by atoms with E-state index in [0.29, 0.717) is 6.54 Å². The minimum atomic E-state index is -0.275. The quantitative estimate of drug-likeness (QED) is 0.570. The van der Waals surface area contributed by atoms with E-state index in [9.17, 15) is 9.18 Å². The predicted octanol–water partition coefficient (Wildman–Crippen LogP) is 4.12. The first kappa shape index (κ1) is 18.8. The van der Waals surface area contributed by atoms with Gasteiger partial charge in [-0.2, -0.15) is 0 Å². The Morgan fingerprint density at radius 2 is 1.85 bits per heavy atom. The number of para-hydroxylation sites is 1. The summed E-state index contributed by atoms with van der Waals surface area (Å²) in [4.78, 5) is 22.1. The fraction of sp³-hybridized carbons (Fsp3) is 0.263. The van der Waals surface area contributed by atoms with Crippen LogP contribution in [0.15, 0.2) is 53.4 Å². The summed E-state index contributed by atoms with van der Waals surface area (Å²) < 4.78 is 14.1. The van der Waals surface area contributed by atoms with E-state index in [0.717, 1.165) is 26.8 Å². The molecular weight excluding hydrogens is 369 g/mol. The first-order chi connectivity index (χ1) is 12.5. The Bertz CT molecular complexity index is 847. The van der Waals surface area contributed by atoms with Crippen LogP contribution in [-0.2, 0) is 4.79 Å². The molecule has 3 aromatic rings. The van der Waals surface area contributed by atoms with E-state index in [2.05, 4.69) is 4.98 Å². The number of hydrogen-bond acceptors (Lipinski definition) is 5. The minimum Gasteiger partial charge on any atom is -0.308 e. The number of aromatic nitrogens is 1.